The third-order valence-corrected chi connectivity index (χ3v) is 4.13. The van der Waals surface area contributed by atoms with E-state index in [0.717, 1.165) is 33.6 Å². The fourth-order valence-electron chi connectivity index (χ4n) is 2.04. The van der Waals surface area contributed by atoms with Crippen LogP contribution in [0.5, 0.6) is 11.5 Å². The highest BCUT2D eigenvalue weighted by Gasteiger charge is 2.08. The minimum Gasteiger partial charge on any atom is -0.456 e. The Morgan fingerprint density at radius 2 is 2.00 bits per heavy atom. The maximum absolute atomic E-state index is 5.81. The van der Waals surface area contributed by atoms with Crippen LogP contribution < -0.4 is 10.1 Å². The number of nitrogens with one attached hydrogen (secondary N) is 1. The fraction of sp³-hybridized carbons (Fsp3) is 0.312. The molecule has 2 rings (SSSR count). The summed E-state index contributed by atoms with van der Waals surface area (Å²) >= 11 is 3.48. The summed E-state index contributed by atoms with van der Waals surface area (Å²) in [6.07, 6.45) is 2.78. The SMILES string of the molecule is CCC(NC)c1ccc(Oc2ccc(Br)c(C)c2)cn1. The Hall–Kier alpha value is -1.39. The Labute approximate surface area is 128 Å². The van der Waals surface area contributed by atoms with Crippen molar-refractivity contribution in [2.75, 3.05) is 7.05 Å². The molecule has 0 saturated heterocycles. The lowest BCUT2D eigenvalue weighted by molar-refractivity contribution is 0.477. The number of nitrogens with zero attached hydrogens (tertiary/aromatic N) is 1. The number of ether oxygens (including phenoxy) is 1. The average molecular weight is 335 g/mol. The third-order valence-electron chi connectivity index (χ3n) is 3.24. The molecule has 1 aromatic carbocycles. The van der Waals surface area contributed by atoms with Gasteiger partial charge < -0.3 is 10.1 Å². The van der Waals surface area contributed by atoms with Crippen LogP contribution in [-0.4, -0.2) is 12.0 Å². The fourth-order valence-corrected chi connectivity index (χ4v) is 2.28. The quantitative estimate of drug-likeness (QED) is 0.866. The number of hydrogen-bond donors (Lipinski definition) is 1. The number of aryl methyl sites for hydroxylation is 1. The van der Waals surface area contributed by atoms with Gasteiger partial charge in [-0.2, -0.15) is 0 Å². The van der Waals surface area contributed by atoms with Gasteiger partial charge in [-0.05, 0) is 56.3 Å². The maximum atomic E-state index is 5.81. The molecule has 0 saturated carbocycles. The highest BCUT2D eigenvalue weighted by Crippen LogP contribution is 2.26. The largest absolute Gasteiger partial charge is 0.456 e. The topological polar surface area (TPSA) is 34.1 Å². The summed E-state index contributed by atoms with van der Waals surface area (Å²) in [6.45, 7) is 4.18. The van der Waals surface area contributed by atoms with Crippen molar-refractivity contribution in [1.29, 1.82) is 0 Å². The summed E-state index contributed by atoms with van der Waals surface area (Å²) in [4.78, 5) is 4.46. The van der Waals surface area contributed by atoms with Gasteiger partial charge in [0.1, 0.15) is 11.5 Å². The first-order chi connectivity index (χ1) is 9.63. The van der Waals surface area contributed by atoms with Crippen LogP contribution in [0.2, 0.25) is 0 Å². The molecule has 1 unspecified atom stereocenters. The van der Waals surface area contributed by atoms with Gasteiger partial charge in [0.05, 0.1) is 11.9 Å². The third kappa shape index (κ3) is 3.58. The molecule has 1 atom stereocenters. The van der Waals surface area contributed by atoms with Gasteiger partial charge in [0.25, 0.3) is 0 Å². The first-order valence-corrected chi connectivity index (χ1v) is 7.50. The second kappa shape index (κ2) is 6.86. The molecule has 0 amide bonds. The van der Waals surface area contributed by atoms with Crippen molar-refractivity contribution in [2.45, 2.75) is 26.3 Å². The minimum absolute atomic E-state index is 0.291. The lowest BCUT2D eigenvalue weighted by Crippen LogP contribution is -2.16. The molecule has 1 heterocycles. The van der Waals surface area contributed by atoms with Crippen LogP contribution in [-0.2, 0) is 0 Å². The molecule has 3 nitrogen and oxygen atoms in total. The van der Waals surface area contributed by atoms with E-state index in [4.69, 9.17) is 4.74 Å². The van der Waals surface area contributed by atoms with Crippen molar-refractivity contribution in [3.8, 4) is 11.5 Å². The normalized spacial score (nSPS) is 12.2. The molecule has 0 spiro atoms. The number of pyridine rings is 1. The highest BCUT2D eigenvalue weighted by molar-refractivity contribution is 9.10. The predicted molar refractivity (Wildman–Crippen MR) is 85.3 cm³/mol. The first-order valence-electron chi connectivity index (χ1n) is 6.71. The van der Waals surface area contributed by atoms with Crippen molar-refractivity contribution in [2.24, 2.45) is 0 Å². The molecule has 106 valence electrons. The summed E-state index contributed by atoms with van der Waals surface area (Å²) in [5.41, 5.74) is 2.18. The first kappa shape index (κ1) is 15.0. The van der Waals surface area contributed by atoms with Gasteiger partial charge in [0.15, 0.2) is 0 Å². The van der Waals surface area contributed by atoms with Crippen LogP contribution in [0.4, 0.5) is 0 Å². The van der Waals surface area contributed by atoms with Gasteiger partial charge in [0, 0.05) is 10.5 Å². The van der Waals surface area contributed by atoms with Gasteiger partial charge in [-0.25, -0.2) is 0 Å². The molecule has 1 aromatic heterocycles. The van der Waals surface area contributed by atoms with E-state index >= 15 is 0 Å². The molecular weight excluding hydrogens is 316 g/mol. The van der Waals surface area contributed by atoms with Gasteiger partial charge >= 0.3 is 0 Å². The molecular formula is C16H19BrN2O. The van der Waals surface area contributed by atoms with Gasteiger partial charge in [0.2, 0.25) is 0 Å². The molecule has 20 heavy (non-hydrogen) atoms. The molecule has 0 aliphatic heterocycles. The van der Waals surface area contributed by atoms with E-state index in [1.54, 1.807) is 6.20 Å². The maximum Gasteiger partial charge on any atom is 0.145 e. The van der Waals surface area contributed by atoms with Gasteiger partial charge in [-0.15, -0.1) is 0 Å². The van der Waals surface area contributed by atoms with E-state index in [0.29, 0.717) is 6.04 Å². The number of aromatic nitrogens is 1. The molecule has 0 bridgehead atoms. The molecule has 0 fully saturated rings. The smallest absolute Gasteiger partial charge is 0.145 e. The summed E-state index contributed by atoms with van der Waals surface area (Å²) in [7, 11) is 1.95. The van der Waals surface area contributed by atoms with Crippen LogP contribution in [0, 0.1) is 6.92 Å². The number of hydrogen-bond acceptors (Lipinski definition) is 3. The van der Waals surface area contributed by atoms with Crippen molar-refractivity contribution >= 4 is 15.9 Å². The standard InChI is InChI=1S/C16H19BrN2O/c1-4-15(18-3)16-8-6-13(10-19-16)20-12-5-7-14(17)11(2)9-12/h5-10,15,18H,4H2,1-3H3. The van der Waals surface area contributed by atoms with E-state index in [2.05, 4.69) is 33.2 Å². The zero-order valence-corrected chi connectivity index (χ0v) is 13.6. The van der Waals surface area contributed by atoms with Crippen molar-refractivity contribution in [1.82, 2.24) is 10.3 Å². The molecule has 0 radical (unpaired) electrons. The molecule has 4 heteroatoms. The average Bonchev–Trinajstić information content (AvgIpc) is 2.46. The molecule has 1 N–H and O–H groups in total. The van der Waals surface area contributed by atoms with Gasteiger partial charge in [-0.1, -0.05) is 22.9 Å². The number of halogens is 1. The zero-order valence-electron chi connectivity index (χ0n) is 12.0. The zero-order chi connectivity index (χ0) is 14.5. The Kier molecular flexibility index (Phi) is 5.15. The summed E-state index contributed by atoms with van der Waals surface area (Å²) in [6, 6.07) is 10.2. The minimum atomic E-state index is 0.291. The lowest BCUT2D eigenvalue weighted by atomic mass is 10.1. The Bertz CT molecular complexity index is 565. The second-order valence-corrected chi connectivity index (χ2v) is 5.54. The van der Waals surface area contributed by atoms with Crippen LogP contribution in [0.15, 0.2) is 41.0 Å². The number of benzene rings is 1. The van der Waals surface area contributed by atoms with Crippen LogP contribution in [0.1, 0.15) is 30.6 Å². The molecule has 0 aliphatic rings. The Morgan fingerprint density at radius 1 is 1.25 bits per heavy atom. The van der Waals surface area contributed by atoms with E-state index in [-0.39, 0.29) is 0 Å². The van der Waals surface area contributed by atoms with E-state index in [1.165, 1.54) is 0 Å². The van der Waals surface area contributed by atoms with Crippen molar-refractivity contribution in [3.05, 3.63) is 52.3 Å². The van der Waals surface area contributed by atoms with Gasteiger partial charge in [-0.3, -0.25) is 4.98 Å². The summed E-state index contributed by atoms with van der Waals surface area (Å²) < 4.78 is 6.89. The monoisotopic (exact) mass is 334 g/mol. The van der Waals surface area contributed by atoms with E-state index in [1.807, 2.05) is 44.3 Å². The highest BCUT2D eigenvalue weighted by atomic mass is 79.9. The Balaban J connectivity index is 2.12. The Morgan fingerprint density at radius 3 is 2.55 bits per heavy atom. The lowest BCUT2D eigenvalue weighted by Gasteiger charge is -2.13. The molecule has 0 aliphatic carbocycles. The van der Waals surface area contributed by atoms with Crippen LogP contribution in [0.3, 0.4) is 0 Å². The van der Waals surface area contributed by atoms with E-state index in [9.17, 15) is 0 Å². The number of rotatable bonds is 5. The van der Waals surface area contributed by atoms with Crippen LogP contribution >= 0.6 is 15.9 Å². The molecule has 2 aromatic rings. The van der Waals surface area contributed by atoms with Crippen molar-refractivity contribution in [3.63, 3.8) is 0 Å². The predicted octanol–water partition coefficient (Wildman–Crippen LogP) is 4.62. The van der Waals surface area contributed by atoms with Crippen LogP contribution in [0.25, 0.3) is 0 Å². The summed E-state index contributed by atoms with van der Waals surface area (Å²) in [5, 5.41) is 3.24. The second-order valence-electron chi connectivity index (χ2n) is 4.68. The summed E-state index contributed by atoms with van der Waals surface area (Å²) in [5.74, 6) is 1.57. The van der Waals surface area contributed by atoms with E-state index < -0.39 is 0 Å². The van der Waals surface area contributed by atoms with Crippen molar-refractivity contribution < 1.29 is 4.74 Å².